The molecule has 1 amide bonds. The predicted molar refractivity (Wildman–Crippen MR) is 112 cm³/mol. The molecule has 28 heavy (non-hydrogen) atoms. The number of aromatic amines is 1. The summed E-state index contributed by atoms with van der Waals surface area (Å²) < 4.78 is 5.29. The molecule has 2 aromatic heterocycles. The summed E-state index contributed by atoms with van der Waals surface area (Å²) in [5.41, 5.74) is 2.44. The molecule has 152 valence electrons. The number of rotatable bonds is 7. The summed E-state index contributed by atoms with van der Waals surface area (Å²) in [5, 5.41) is 11.4. The maximum absolute atomic E-state index is 13.3. The molecule has 0 aliphatic carbocycles. The van der Waals surface area contributed by atoms with Gasteiger partial charge >= 0.3 is 0 Å². The average molecular weight is 403 g/mol. The number of nitrogens with zero attached hydrogens (tertiary/aromatic N) is 3. The fourth-order valence-corrected chi connectivity index (χ4v) is 5.36. The fourth-order valence-electron chi connectivity index (χ4n) is 4.71. The highest BCUT2D eigenvalue weighted by atomic mass is 32.1. The molecule has 0 spiro atoms. The maximum atomic E-state index is 13.3. The van der Waals surface area contributed by atoms with Crippen molar-refractivity contribution in [3.05, 3.63) is 28.6 Å². The number of nitrogens with one attached hydrogen (secondary N) is 1. The van der Waals surface area contributed by atoms with E-state index in [1.807, 2.05) is 27.8 Å². The molecular weight excluding hydrogens is 372 g/mol. The van der Waals surface area contributed by atoms with Gasteiger partial charge in [0.2, 0.25) is 0 Å². The number of hydrogen-bond donors (Lipinski definition) is 1. The van der Waals surface area contributed by atoms with Crippen LogP contribution in [0.15, 0.2) is 22.9 Å². The molecule has 4 rings (SSSR count). The van der Waals surface area contributed by atoms with E-state index in [4.69, 9.17) is 4.74 Å². The van der Waals surface area contributed by atoms with E-state index in [1.54, 1.807) is 18.4 Å². The highest BCUT2D eigenvalue weighted by Crippen LogP contribution is 2.31. The first-order valence-electron chi connectivity index (χ1n) is 10.4. The first-order valence-corrected chi connectivity index (χ1v) is 11.3. The molecule has 2 aliphatic heterocycles. The van der Waals surface area contributed by atoms with Crippen molar-refractivity contribution in [2.24, 2.45) is 5.92 Å². The minimum absolute atomic E-state index is 0.0268. The minimum Gasteiger partial charge on any atom is -0.383 e. The first kappa shape index (κ1) is 19.6. The number of aromatic nitrogens is 2. The van der Waals surface area contributed by atoms with Crippen molar-refractivity contribution in [1.82, 2.24) is 20.0 Å². The number of fused-ring (bicyclic) bond motifs is 1. The lowest BCUT2D eigenvalue weighted by molar-refractivity contribution is 0.0313. The summed E-state index contributed by atoms with van der Waals surface area (Å²) in [6.45, 7) is 4.41. The van der Waals surface area contributed by atoms with E-state index in [2.05, 4.69) is 15.1 Å². The molecule has 7 heteroatoms. The number of carbonyl (C=O) groups is 1. The molecule has 2 unspecified atom stereocenters. The Hall–Kier alpha value is -1.70. The maximum Gasteiger partial charge on any atom is 0.271 e. The molecule has 2 fully saturated rings. The van der Waals surface area contributed by atoms with Gasteiger partial charge in [0.1, 0.15) is 5.69 Å². The molecule has 0 bridgehead atoms. The Morgan fingerprint density at radius 2 is 2.25 bits per heavy atom. The summed E-state index contributed by atoms with van der Waals surface area (Å²) in [4.78, 5) is 17.9. The molecule has 2 atom stereocenters. The van der Waals surface area contributed by atoms with Gasteiger partial charge in [-0.3, -0.25) is 9.89 Å². The number of ether oxygens (including phenoxy) is 1. The zero-order chi connectivity index (χ0) is 19.3. The van der Waals surface area contributed by atoms with Gasteiger partial charge in [-0.2, -0.15) is 16.4 Å². The van der Waals surface area contributed by atoms with Crippen LogP contribution in [-0.2, 0) is 4.74 Å². The van der Waals surface area contributed by atoms with Crippen LogP contribution >= 0.6 is 11.3 Å². The third-order valence-electron chi connectivity index (χ3n) is 6.16. The zero-order valence-electron chi connectivity index (χ0n) is 16.6. The van der Waals surface area contributed by atoms with Gasteiger partial charge in [0.15, 0.2) is 0 Å². The van der Waals surface area contributed by atoms with Crippen LogP contribution in [0.1, 0.15) is 42.6 Å². The van der Waals surface area contributed by atoms with E-state index in [-0.39, 0.29) is 5.91 Å². The van der Waals surface area contributed by atoms with E-state index >= 15 is 0 Å². The lowest BCUT2D eigenvalue weighted by Gasteiger charge is -2.45. The van der Waals surface area contributed by atoms with E-state index in [9.17, 15) is 4.79 Å². The third-order valence-corrected chi connectivity index (χ3v) is 6.84. The molecule has 4 heterocycles. The van der Waals surface area contributed by atoms with Gasteiger partial charge < -0.3 is 14.5 Å². The quantitative estimate of drug-likeness (QED) is 0.770. The molecular formula is C21H30N4O2S. The van der Waals surface area contributed by atoms with Crippen molar-refractivity contribution in [3.63, 3.8) is 0 Å². The lowest BCUT2D eigenvalue weighted by Crippen LogP contribution is -2.52. The number of piperidine rings is 2. The van der Waals surface area contributed by atoms with Crippen LogP contribution < -0.4 is 0 Å². The monoisotopic (exact) mass is 402 g/mol. The molecule has 1 N–H and O–H groups in total. The van der Waals surface area contributed by atoms with Crippen molar-refractivity contribution < 1.29 is 9.53 Å². The normalized spacial score (nSPS) is 22.8. The Labute approximate surface area is 170 Å². The van der Waals surface area contributed by atoms with Crippen LogP contribution in [0.2, 0.25) is 0 Å². The molecule has 0 saturated carbocycles. The standard InChI is InChI=1S/C21H30N4O2S/c1-27-11-10-25(14-16-5-4-9-24-8-3-2-6-20(16)24)21(26)19-13-18(22-23-19)17-7-12-28-15-17/h7,12-13,15-16,20H,2-6,8-11,14H2,1H3,(H,22,23). The van der Waals surface area contributed by atoms with Crippen LogP contribution in [0, 0.1) is 5.92 Å². The van der Waals surface area contributed by atoms with E-state index in [1.165, 1.54) is 45.2 Å². The summed E-state index contributed by atoms with van der Waals surface area (Å²) in [6, 6.07) is 4.53. The highest BCUT2D eigenvalue weighted by molar-refractivity contribution is 7.08. The Morgan fingerprint density at radius 3 is 3.07 bits per heavy atom. The van der Waals surface area contributed by atoms with Crippen LogP contribution in [0.5, 0.6) is 0 Å². The zero-order valence-corrected chi connectivity index (χ0v) is 17.4. The van der Waals surface area contributed by atoms with Crippen molar-refractivity contribution >= 4 is 17.2 Å². The molecule has 6 nitrogen and oxygen atoms in total. The van der Waals surface area contributed by atoms with Crippen LogP contribution in [0.3, 0.4) is 0 Å². The van der Waals surface area contributed by atoms with Crippen LogP contribution in [0.4, 0.5) is 0 Å². The largest absolute Gasteiger partial charge is 0.383 e. The van der Waals surface area contributed by atoms with Gasteiger partial charge in [-0.25, -0.2) is 0 Å². The van der Waals surface area contributed by atoms with Crippen LogP contribution in [0.25, 0.3) is 11.3 Å². The van der Waals surface area contributed by atoms with Crippen molar-refractivity contribution in [1.29, 1.82) is 0 Å². The Kier molecular flexibility index (Phi) is 6.44. The SMILES string of the molecule is COCCN(CC1CCCN2CCCCC12)C(=O)c1cc(-c2ccsc2)n[nH]1. The average Bonchev–Trinajstić information content (AvgIpc) is 3.42. The molecule has 2 saturated heterocycles. The Bertz CT molecular complexity index is 758. The molecule has 2 aliphatic rings. The fraction of sp³-hybridized carbons (Fsp3) is 0.619. The van der Waals surface area contributed by atoms with Gasteiger partial charge in [-0.05, 0) is 62.2 Å². The third kappa shape index (κ3) is 4.31. The molecule has 2 aromatic rings. The topological polar surface area (TPSA) is 61.5 Å². The smallest absolute Gasteiger partial charge is 0.271 e. The van der Waals surface area contributed by atoms with Gasteiger partial charge in [0, 0.05) is 37.2 Å². The lowest BCUT2D eigenvalue weighted by atomic mass is 9.83. The number of carbonyl (C=O) groups excluding carboxylic acids is 1. The van der Waals surface area contributed by atoms with Crippen molar-refractivity contribution in [2.45, 2.75) is 38.1 Å². The summed E-state index contributed by atoms with van der Waals surface area (Å²) >= 11 is 1.63. The van der Waals surface area contributed by atoms with E-state index in [0.717, 1.165) is 17.8 Å². The van der Waals surface area contributed by atoms with Crippen molar-refractivity contribution in [3.8, 4) is 11.3 Å². The summed E-state index contributed by atoms with van der Waals surface area (Å²) in [5.74, 6) is 0.577. The Balaban J connectivity index is 1.48. The van der Waals surface area contributed by atoms with E-state index in [0.29, 0.717) is 30.8 Å². The summed E-state index contributed by atoms with van der Waals surface area (Å²) in [7, 11) is 1.69. The molecule has 0 aromatic carbocycles. The number of H-pyrrole nitrogens is 1. The van der Waals surface area contributed by atoms with Gasteiger partial charge in [-0.15, -0.1) is 0 Å². The number of methoxy groups -OCH3 is 1. The first-order chi connectivity index (χ1) is 13.8. The van der Waals surface area contributed by atoms with Gasteiger partial charge in [0.25, 0.3) is 5.91 Å². The van der Waals surface area contributed by atoms with E-state index < -0.39 is 0 Å². The van der Waals surface area contributed by atoms with Crippen LogP contribution in [-0.4, -0.2) is 71.8 Å². The Morgan fingerprint density at radius 1 is 1.36 bits per heavy atom. The second-order valence-electron chi connectivity index (χ2n) is 7.92. The molecule has 0 radical (unpaired) electrons. The number of hydrogen-bond acceptors (Lipinski definition) is 5. The second-order valence-corrected chi connectivity index (χ2v) is 8.70. The van der Waals surface area contributed by atoms with Gasteiger partial charge in [-0.1, -0.05) is 6.42 Å². The highest BCUT2D eigenvalue weighted by Gasteiger charge is 2.35. The van der Waals surface area contributed by atoms with Crippen molar-refractivity contribution in [2.75, 3.05) is 39.9 Å². The predicted octanol–water partition coefficient (Wildman–Crippen LogP) is 3.49. The number of amides is 1. The van der Waals surface area contributed by atoms with Gasteiger partial charge in [0.05, 0.1) is 12.3 Å². The second kappa shape index (κ2) is 9.20. The summed E-state index contributed by atoms with van der Waals surface area (Å²) in [6.07, 6.45) is 6.34. The minimum atomic E-state index is 0.0268. The number of thiophene rings is 1.